The van der Waals surface area contributed by atoms with E-state index < -0.39 is 4.92 Å². The molecule has 0 bridgehead atoms. The molecule has 0 aromatic heterocycles. The zero-order valence-electron chi connectivity index (χ0n) is 11.0. The lowest BCUT2D eigenvalue weighted by atomic mass is 10.1. The van der Waals surface area contributed by atoms with E-state index in [1.807, 2.05) is 13.1 Å². The number of likely N-dealkylation sites (N-methyl/N-ethyl adjacent to an activating group) is 1. The lowest BCUT2D eigenvalue weighted by Crippen LogP contribution is -2.28. The molecule has 2 N–H and O–H groups in total. The third kappa shape index (κ3) is 3.65. The van der Waals surface area contributed by atoms with Crippen LogP contribution in [0.3, 0.4) is 0 Å². The molecule has 0 aliphatic carbocycles. The summed E-state index contributed by atoms with van der Waals surface area (Å²) in [6, 6.07) is 4.96. The highest BCUT2D eigenvalue weighted by molar-refractivity contribution is 5.59. The Morgan fingerprint density at radius 2 is 2.37 bits per heavy atom. The number of hydrogen-bond donors (Lipinski definition) is 1. The van der Waals surface area contributed by atoms with E-state index >= 15 is 0 Å². The van der Waals surface area contributed by atoms with Gasteiger partial charge in [-0.2, -0.15) is 0 Å². The van der Waals surface area contributed by atoms with Crippen LogP contribution < -0.4 is 5.73 Å². The van der Waals surface area contributed by atoms with Crippen molar-refractivity contribution in [3.05, 3.63) is 33.9 Å². The molecule has 0 amide bonds. The van der Waals surface area contributed by atoms with Crippen LogP contribution in [0.15, 0.2) is 18.2 Å². The van der Waals surface area contributed by atoms with E-state index in [9.17, 15) is 10.1 Å². The maximum atomic E-state index is 10.8. The van der Waals surface area contributed by atoms with Gasteiger partial charge in [-0.05, 0) is 31.5 Å². The summed E-state index contributed by atoms with van der Waals surface area (Å²) in [4.78, 5) is 12.5. The molecule has 6 heteroatoms. The molecule has 0 saturated carbocycles. The van der Waals surface area contributed by atoms with Gasteiger partial charge in [0, 0.05) is 25.8 Å². The summed E-state index contributed by atoms with van der Waals surface area (Å²) in [6.07, 6.45) is 2.49. The summed E-state index contributed by atoms with van der Waals surface area (Å²) in [6.45, 7) is 2.34. The molecule has 1 aromatic carbocycles. The minimum absolute atomic E-state index is 0.0250. The fourth-order valence-electron chi connectivity index (χ4n) is 2.36. The zero-order chi connectivity index (χ0) is 13.8. The number of benzene rings is 1. The van der Waals surface area contributed by atoms with Gasteiger partial charge >= 0.3 is 0 Å². The highest BCUT2D eigenvalue weighted by atomic mass is 16.6. The molecule has 1 atom stereocenters. The van der Waals surface area contributed by atoms with E-state index in [0.717, 1.165) is 31.6 Å². The number of hydrogen-bond acceptors (Lipinski definition) is 5. The van der Waals surface area contributed by atoms with Gasteiger partial charge in [-0.3, -0.25) is 15.0 Å². The van der Waals surface area contributed by atoms with Crippen LogP contribution in [-0.2, 0) is 11.3 Å². The van der Waals surface area contributed by atoms with Gasteiger partial charge in [0.25, 0.3) is 5.69 Å². The number of nitro benzene ring substituents is 1. The van der Waals surface area contributed by atoms with Gasteiger partial charge in [-0.25, -0.2) is 0 Å². The standard InChI is InChI=1S/C13H19N3O3/c1-15(9-11-3-2-6-19-11)8-10-4-5-12(14)13(7-10)16(17)18/h4-5,7,11H,2-3,6,8-9,14H2,1H3. The molecule has 0 radical (unpaired) electrons. The van der Waals surface area contributed by atoms with Gasteiger partial charge in [-0.15, -0.1) is 0 Å². The Bertz CT molecular complexity index is 458. The number of nitrogen functional groups attached to an aromatic ring is 1. The fraction of sp³-hybridized carbons (Fsp3) is 0.538. The molecule has 104 valence electrons. The fourth-order valence-corrected chi connectivity index (χ4v) is 2.36. The van der Waals surface area contributed by atoms with E-state index in [1.54, 1.807) is 12.1 Å². The SMILES string of the molecule is CN(Cc1ccc(N)c([N+](=O)[O-])c1)CC1CCCO1. The van der Waals surface area contributed by atoms with Gasteiger partial charge in [0.1, 0.15) is 5.69 Å². The van der Waals surface area contributed by atoms with Crippen molar-refractivity contribution in [2.75, 3.05) is 25.9 Å². The first-order valence-corrected chi connectivity index (χ1v) is 6.39. The van der Waals surface area contributed by atoms with Gasteiger partial charge in [0.05, 0.1) is 11.0 Å². The lowest BCUT2D eigenvalue weighted by Gasteiger charge is -2.20. The van der Waals surface area contributed by atoms with Crippen LogP contribution >= 0.6 is 0 Å². The van der Waals surface area contributed by atoms with Crippen LogP contribution in [-0.4, -0.2) is 36.1 Å². The van der Waals surface area contributed by atoms with Crippen molar-refractivity contribution < 1.29 is 9.66 Å². The average Bonchev–Trinajstić information content (AvgIpc) is 2.84. The quantitative estimate of drug-likeness (QED) is 0.498. The molecule has 1 aliphatic rings. The second kappa shape index (κ2) is 5.99. The molecule has 6 nitrogen and oxygen atoms in total. The van der Waals surface area contributed by atoms with Crippen molar-refractivity contribution in [3.8, 4) is 0 Å². The Balaban J connectivity index is 1.98. The van der Waals surface area contributed by atoms with E-state index in [1.165, 1.54) is 0 Å². The molecule has 2 rings (SSSR count). The van der Waals surface area contributed by atoms with Crippen molar-refractivity contribution in [1.82, 2.24) is 4.90 Å². The minimum atomic E-state index is -0.446. The average molecular weight is 265 g/mol. The zero-order valence-corrected chi connectivity index (χ0v) is 11.0. The molecule has 1 aromatic rings. The lowest BCUT2D eigenvalue weighted by molar-refractivity contribution is -0.384. The normalized spacial score (nSPS) is 18.9. The van der Waals surface area contributed by atoms with Crippen LogP contribution in [0.2, 0.25) is 0 Å². The maximum Gasteiger partial charge on any atom is 0.292 e. The largest absolute Gasteiger partial charge is 0.393 e. The number of nitro groups is 1. The Hall–Kier alpha value is -1.66. The molecule has 1 unspecified atom stereocenters. The summed E-state index contributed by atoms with van der Waals surface area (Å²) >= 11 is 0. The van der Waals surface area contributed by atoms with Crippen LogP contribution in [0.5, 0.6) is 0 Å². The molecular formula is C13H19N3O3. The molecule has 1 saturated heterocycles. The van der Waals surface area contributed by atoms with Crippen molar-refractivity contribution in [3.63, 3.8) is 0 Å². The first-order chi connectivity index (χ1) is 9.06. The van der Waals surface area contributed by atoms with E-state index in [-0.39, 0.29) is 17.5 Å². The topological polar surface area (TPSA) is 81.6 Å². The van der Waals surface area contributed by atoms with Crippen molar-refractivity contribution in [2.24, 2.45) is 0 Å². The van der Waals surface area contributed by atoms with Crippen molar-refractivity contribution in [2.45, 2.75) is 25.5 Å². The van der Waals surface area contributed by atoms with E-state index in [2.05, 4.69) is 4.90 Å². The highest BCUT2D eigenvalue weighted by Crippen LogP contribution is 2.23. The highest BCUT2D eigenvalue weighted by Gasteiger charge is 2.18. The molecule has 0 spiro atoms. The van der Waals surface area contributed by atoms with Crippen LogP contribution in [0.4, 0.5) is 11.4 Å². The predicted octanol–water partition coefficient (Wildman–Crippen LogP) is 1.79. The van der Waals surface area contributed by atoms with Crippen LogP contribution in [0.25, 0.3) is 0 Å². The second-order valence-corrected chi connectivity index (χ2v) is 4.98. The molecule has 1 aliphatic heterocycles. The number of anilines is 1. The Morgan fingerprint density at radius 1 is 1.58 bits per heavy atom. The predicted molar refractivity (Wildman–Crippen MR) is 72.8 cm³/mol. The number of nitrogens with zero attached hydrogens (tertiary/aromatic N) is 2. The van der Waals surface area contributed by atoms with Gasteiger partial charge in [0.15, 0.2) is 0 Å². The smallest absolute Gasteiger partial charge is 0.292 e. The molecule has 1 heterocycles. The Kier molecular flexibility index (Phi) is 4.34. The van der Waals surface area contributed by atoms with E-state index in [4.69, 9.17) is 10.5 Å². The first kappa shape index (κ1) is 13.8. The summed E-state index contributed by atoms with van der Waals surface area (Å²) in [5, 5.41) is 10.8. The van der Waals surface area contributed by atoms with Gasteiger partial charge in [-0.1, -0.05) is 6.07 Å². The molecule has 19 heavy (non-hydrogen) atoms. The molecular weight excluding hydrogens is 246 g/mol. The van der Waals surface area contributed by atoms with Crippen LogP contribution in [0.1, 0.15) is 18.4 Å². The third-order valence-electron chi connectivity index (χ3n) is 3.28. The summed E-state index contributed by atoms with van der Waals surface area (Å²) < 4.78 is 5.57. The maximum absolute atomic E-state index is 10.8. The summed E-state index contributed by atoms with van der Waals surface area (Å²) in [7, 11) is 1.99. The Morgan fingerprint density at radius 3 is 3.00 bits per heavy atom. The van der Waals surface area contributed by atoms with Crippen LogP contribution in [0, 0.1) is 10.1 Å². The van der Waals surface area contributed by atoms with Gasteiger partial charge < -0.3 is 10.5 Å². The second-order valence-electron chi connectivity index (χ2n) is 4.98. The van der Waals surface area contributed by atoms with Crippen molar-refractivity contribution in [1.29, 1.82) is 0 Å². The summed E-state index contributed by atoms with van der Waals surface area (Å²) in [5.74, 6) is 0. The van der Waals surface area contributed by atoms with E-state index in [0.29, 0.717) is 6.54 Å². The Labute approximate surface area is 112 Å². The number of rotatable bonds is 5. The number of nitrogens with two attached hydrogens (primary N) is 1. The minimum Gasteiger partial charge on any atom is -0.393 e. The van der Waals surface area contributed by atoms with Crippen molar-refractivity contribution >= 4 is 11.4 Å². The monoisotopic (exact) mass is 265 g/mol. The third-order valence-corrected chi connectivity index (χ3v) is 3.28. The molecule has 1 fully saturated rings. The summed E-state index contributed by atoms with van der Waals surface area (Å²) in [5.41, 5.74) is 6.65. The van der Waals surface area contributed by atoms with Gasteiger partial charge in [0.2, 0.25) is 0 Å². The number of ether oxygens (including phenoxy) is 1. The first-order valence-electron chi connectivity index (χ1n) is 6.39.